The van der Waals surface area contributed by atoms with Gasteiger partial charge in [0.15, 0.2) is 0 Å². The average molecular weight is 250 g/mol. The fraction of sp³-hybridized carbons (Fsp3) is 0.455. The van der Waals surface area contributed by atoms with Crippen LogP contribution in [0.1, 0.15) is 18.9 Å². The molecule has 5 heteroatoms. The predicted molar refractivity (Wildman–Crippen MR) is 59.0 cm³/mol. The quantitative estimate of drug-likeness (QED) is 0.740. The zero-order valence-corrected chi connectivity index (χ0v) is 9.91. The van der Waals surface area contributed by atoms with E-state index in [-0.39, 0.29) is 5.75 Å². The Balaban J connectivity index is 2.97. The molecule has 0 aromatic heterocycles. The van der Waals surface area contributed by atoms with Gasteiger partial charge in [-0.15, -0.1) is 11.8 Å². The molecule has 0 fully saturated rings. The van der Waals surface area contributed by atoms with Crippen LogP contribution in [-0.4, -0.2) is 12.9 Å². The molecule has 90 valence electrons. The molecule has 0 aliphatic rings. The second-order valence-electron chi connectivity index (χ2n) is 3.21. The Morgan fingerprint density at radius 1 is 1.31 bits per heavy atom. The van der Waals surface area contributed by atoms with Crippen molar-refractivity contribution in [3.05, 3.63) is 23.8 Å². The van der Waals surface area contributed by atoms with Crippen LogP contribution in [0.4, 0.5) is 13.2 Å². The van der Waals surface area contributed by atoms with E-state index in [0.29, 0.717) is 0 Å². The molecule has 1 rings (SSSR count). The van der Waals surface area contributed by atoms with Crippen molar-refractivity contribution < 1.29 is 17.9 Å². The fourth-order valence-corrected chi connectivity index (χ4v) is 2.05. The zero-order chi connectivity index (χ0) is 12.2. The summed E-state index contributed by atoms with van der Waals surface area (Å²) in [4.78, 5) is 0.748. The molecular weight excluding hydrogens is 237 g/mol. The molecule has 0 heterocycles. The Labute approximate surface area is 97.0 Å². The van der Waals surface area contributed by atoms with E-state index in [1.165, 1.54) is 24.9 Å². The van der Waals surface area contributed by atoms with Crippen molar-refractivity contribution in [3.63, 3.8) is 0 Å². The maximum absolute atomic E-state index is 12.4. The van der Waals surface area contributed by atoms with Crippen molar-refractivity contribution in [3.8, 4) is 5.75 Å². The monoisotopic (exact) mass is 250 g/mol. The van der Waals surface area contributed by atoms with E-state index >= 15 is 0 Å². The minimum atomic E-state index is -4.32. The Hall–Kier alpha value is -0.840. The molecule has 0 unspecified atom stereocenters. The molecule has 0 bridgehead atoms. The highest BCUT2D eigenvalue weighted by molar-refractivity contribution is 7.99. The van der Waals surface area contributed by atoms with Crippen LogP contribution in [0.15, 0.2) is 23.1 Å². The zero-order valence-electron chi connectivity index (χ0n) is 9.10. The number of ether oxygens (including phenoxy) is 1. The highest BCUT2D eigenvalue weighted by Gasteiger charge is 2.31. The highest BCUT2D eigenvalue weighted by Crippen LogP contribution is 2.36. The topological polar surface area (TPSA) is 9.23 Å². The van der Waals surface area contributed by atoms with Gasteiger partial charge in [0.05, 0.1) is 12.7 Å². The van der Waals surface area contributed by atoms with Gasteiger partial charge in [0.1, 0.15) is 5.75 Å². The maximum Gasteiger partial charge on any atom is 0.416 e. The van der Waals surface area contributed by atoms with Crippen LogP contribution < -0.4 is 4.74 Å². The first kappa shape index (κ1) is 13.2. The van der Waals surface area contributed by atoms with Crippen molar-refractivity contribution in [2.75, 3.05) is 12.9 Å². The van der Waals surface area contributed by atoms with Gasteiger partial charge in [-0.1, -0.05) is 6.92 Å². The van der Waals surface area contributed by atoms with Gasteiger partial charge >= 0.3 is 6.18 Å². The van der Waals surface area contributed by atoms with Gasteiger partial charge in [-0.25, -0.2) is 0 Å². The number of halogens is 3. The number of benzene rings is 1. The van der Waals surface area contributed by atoms with Gasteiger partial charge in [0, 0.05) is 4.90 Å². The predicted octanol–water partition coefficient (Wildman–Crippen LogP) is 4.22. The summed E-state index contributed by atoms with van der Waals surface area (Å²) in [7, 11) is 1.38. The van der Waals surface area contributed by atoms with Crippen molar-refractivity contribution in [2.45, 2.75) is 24.4 Å². The average Bonchev–Trinajstić information content (AvgIpc) is 2.24. The van der Waals surface area contributed by atoms with Gasteiger partial charge < -0.3 is 4.74 Å². The summed E-state index contributed by atoms with van der Waals surface area (Å²) in [6, 6.07) is 3.58. The molecule has 1 aromatic rings. The molecule has 0 aliphatic carbocycles. The molecule has 0 aliphatic heterocycles. The summed E-state index contributed by atoms with van der Waals surface area (Å²) in [6.07, 6.45) is -3.35. The van der Waals surface area contributed by atoms with Gasteiger partial charge in [-0.2, -0.15) is 13.2 Å². The van der Waals surface area contributed by atoms with E-state index < -0.39 is 11.7 Å². The largest absolute Gasteiger partial charge is 0.496 e. The lowest BCUT2D eigenvalue weighted by Crippen LogP contribution is -2.05. The summed E-state index contributed by atoms with van der Waals surface area (Å²) >= 11 is 1.50. The summed E-state index contributed by atoms with van der Waals surface area (Å²) in [5, 5.41) is 0. The number of hydrogen-bond donors (Lipinski definition) is 0. The highest BCUT2D eigenvalue weighted by atomic mass is 32.2. The Bertz CT molecular complexity index is 350. The van der Waals surface area contributed by atoms with Crippen molar-refractivity contribution >= 4 is 11.8 Å². The summed E-state index contributed by atoms with van der Waals surface area (Å²) in [5.41, 5.74) is -0.676. The SMILES string of the molecule is CCCSc1ccc(C(F)(F)F)cc1OC. The van der Waals surface area contributed by atoms with Crippen molar-refractivity contribution in [1.82, 2.24) is 0 Å². The van der Waals surface area contributed by atoms with Crippen LogP contribution in [-0.2, 0) is 6.18 Å². The molecule has 1 aromatic carbocycles. The van der Waals surface area contributed by atoms with Gasteiger partial charge in [-0.3, -0.25) is 0 Å². The molecule has 0 amide bonds. The van der Waals surface area contributed by atoms with E-state index in [9.17, 15) is 13.2 Å². The molecule has 0 N–H and O–H groups in total. The minimum absolute atomic E-state index is 0.285. The molecule has 0 saturated heterocycles. The van der Waals surface area contributed by atoms with E-state index in [2.05, 4.69) is 0 Å². The van der Waals surface area contributed by atoms with E-state index in [1.807, 2.05) is 6.92 Å². The van der Waals surface area contributed by atoms with Crippen LogP contribution >= 0.6 is 11.8 Å². The third kappa shape index (κ3) is 3.33. The number of alkyl halides is 3. The van der Waals surface area contributed by atoms with Crippen LogP contribution in [0, 0.1) is 0 Å². The number of hydrogen-bond acceptors (Lipinski definition) is 2. The molecule has 0 atom stereocenters. The molecular formula is C11H13F3OS. The van der Waals surface area contributed by atoms with E-state index in [4.69, 9.17) is 4.74 Å². The molecule has 0 saturated carbocycles. The molecule has 1 nitrogen and oxygen atoms in total. The second-order valence-corrected chi connectivity index (χ2v) is 4.35. The lowest BCUT2D eigenvalue weighted by molar-refractivity contribution is -0.137. The van der Waals surface area contributed by atoms with E-state index in [1.54, 1.807) is 0 Å². The first-order chi connectivity index (χ1) is 7.49. The van der Waals surface area contributed by atoms with Crippen molar-refractivity contribution in [2.24, 2.45) is 0 Å². The second kappa shape index (κ2) is 5.48. The van der Waals surface area contributed by atoms with E-state index in [0.717, 1.165) is 29.2 Å². The van der Waals surface area contributed by atoms with Gasteiger partial charge in [0.25, 0.3) is 0 Å². The van der Waals surface area contributed by atoms with Gasteiger partial charge in [-0.05, 0) is 30.4 Å². The number of thioether (sulfide) groups is 1. The van der Waals surface area contributed by atoms with Crippen LogP contribution in [0.3, 0.4) is 0 Å². The summed E-state index contributed by atoms with van der Waals surface area (Å²) in [6.45, 7) is 2.02. The van der Waals surface area contributed by atoms with Crippen LogP contribution in [0.2, 0.25) is 0 Å². The van der Waals surface area contributed by atoms with Crippen LogP contribution in [0.5, 0.6) is 5.75 Å². The lowest BCUT2D eigenvalue weighted by atomic mass is 10.2. The first-order valence-corrected chi connectivity index (χ1v) is 5.85. The normalized spacial score (nSPS) is 11.6. The van der Waals surface area contributed by atoms with Gasteiger partial charge in [0.2, 0.25) is 0 Å². The summed E-state index contributed by atoms with van der Waals surface area (Å²) in [5.74, 6) is 1.15. The Kier molecular flexibility index (Phi) is 4.53. The summed E-state index contributed by atoms with van der Waals surface area (Å²) < 4.78 is 42.2. The maximum atomic E-state index is 12.4. The Morgan fingerprint density at radius 2 is 2.00 bits per heavy atom. The number of rotatable bonds is 4. The smallest absolute Gasteiger partial charge is 0.416 e. The third-order valence-electron chi connectivity index (χ3n) is 1.95. The fourth-order valence-electron chi connectivity index (χ4n) is 1.18. The van der Waals surface area contributed by atoms with Crippen LogP contribution in [0.25, 0.3) is 0 Å². The minimum Gasteiger partial charge on any atom is -0.496 e. The van der Waals surface area contributed by atoms with Crippen molar-refractivity contribution in [1.29, 1.82) is 0 Å². The molecule has 16 heavy (non-hydrogen) atoms. The first-order valence-electron chi connectivity index (χ1n) is 4.87. The Morgan fingerprint density at radius 3 is 2.50 bits per heavy atom. The molecule has 0 radical (unpaired) electrons. The number of methoxy groups -OCH3 is 1. The third-order valence-corrected chi connectivity index (χ3v) is 3.21. The lowest BCUT2D eigenvalue weighted by Gasteiger charge is -2.11. The molecule has 0 spiro atoms. The standard InChI is InChI=1S/C11H13F3OS/c1-3-6-16-10-5-4-8(11(12,13)14)7-9(10)15-2/h4-5,7H,3,6H2,1-2H3.